The Balaban J connectivity index is 1.48. The monoisotopic (exact) mass is 456 g/mol. The summed E-state index contributed by atoms with van der Waals surface area (Å²) in [6.45, 7) is 6.17. The number of amides is 3. The fourth-order valence-corrected chi connectivity index (χ4v) is 4.46. The fraction of sp³-hybridized carbons (Fsp3) is 0.321. The normalized spacial score (nSPS) is 15.6. The van der Waals surface area contributed by atoms with Gasteiger partial charge in [-0.2, -0.15) is 0 Å². The van der Waals surface area contributed by atoms with E-state index in [-0.39, 0.29) is 17.9 Å². The highest BCUT2D eigenvalue weighted by Gasteiger charge is 2.31. The van der Waals surface area contributed by atoms with Crippen LogP contribution < -0.4 is 5.32 Å². The maximum absolute atomic E-state index is 13.7. The first-order chi connectivity index (χ1) is 16.5. The van der Waals surface area contributed by atoms with E-state index in [1.54, 1.807) is 17.3 Å². The van der Waals surface area contributed by atoms with Gasteiger partial charge in [-0.05, 0) is 67.1 Å². The van der Waals surface area contributed by atoms with Crippen LogP contribution in [0, 0.1) is 19.8 Å². The van der Waals surface area contributed by atoms with Crippen molar-refractivity contribution in [1.29, 1.82) is 0 Å². The molecule has 1 aromatic heterocycles. The lowest BCUT2D eigenvalue weighted by Crippen LogP contribution is -2.47. The van der Waals surface area contributed by atoms with Crippen molar-refractivity contribution in [3.63, 3.8) is 0 Å². The Bertz CT molecular complexity index is 1130. The molecule has 1 unspecified atom stereocenters. The van der Waals surface area contributed by atoms with Gasteiger partial charge in [-0.1, -0.05) is 42.5 Å². The fourth-order valence-electron chi connectivity index (χ4n) is 4.46. The number of urea groups is 1. The molecule has 1 atom stereocenters. The molecule has 6 nitrogen and oxygen atoms in total. The molecule has 34 heavy (non-hydrogen) atoms. The third-order valence-corrected chi connectivity index (χ3v) is 6.36. The van der Waals surface area contributed by atoms with Crippen LogP contribution >= 0.6 is 0 Å². The number of anilines is 1. The number of pyridine rings is 1. The Morgan fingerprint density at radius 1 is 1.06 bits per heavy atom. The molecule has 3 aromatic rings. The molecule has 0 aliphatic carbocycles. The van der Waals surface area contributed by atoms with Gasteiger partial charge < -0.3 is 15.1 Å². The van der Waals surface area contributed by atoms with Crippen molar-refractivity contribution in [2.45, 2.75) is 39.8 Å². The van der Waals surface area contributed by atoms with Gasteiger partial charge >= 0.3 is 6.03 Å². The number of carbonyl (C=O) groups is 2. The molecule has 0 spiro atoms. The maximum Gasteiger partial charge on any atom is 0.321 e. The van der Waals surface area contributed by atoms with E-state index in [2.05, 4.69) is 29.4 Å². The summed E-state index contributed by atoms with van der Waals surface area (Å²) in [6.07, 6.45) is 5.14. The van der Waals surface area contributed by atoms with Crippen LogP contribution in [0.15, 0.2) is 73.1 Å². The summed E-state index contributed by atoms with van der Waals surface area (Å²) in [5.41, 5.74) is 5.15. The largest absolute Gasteiger partial charge is 0.334 e. The number of hydrogen-bond acceptors (Lipinski definition) is 3. The minimum absolute atomic E-state index is 0.0835. The highest BCUT2D eigenvalue weighted by Crippen LogP contribution is 2.23. The molecule has 1 N–H and O–H groups in total. The zero-order valence-electron chi connectivity index (χ0n) is 19.9. The van der Waals surface area contributed by atoms with Crippen molar-refractivity contribution < 1.29 is 9.59 Å². The lowest BCUT2D eigenvalue weighted by molar-refractivity contribution is -0.138. The van der Waals surface area contributed by atoms with Crippen molar-refractivity contribution in [3.05, 3.63) is 95.3 Å². The lowest BCUT2D eigenvalue weighted by Gasteiger charge is -2.35. The Morgan fingerprint density at radius 3 is 2.68 bits per heavy atom. The summed E-state index contributed by atoms with van der Waals surface area (Å²) >= 11 is 0. The molecule has 176 valence electrons. The Labute approximate surface area is 201 Å². The first kappa shape index (κ1) is 23.5. The molecule has 3 amide bonds. The number of carbonyl (C=O) groups excluding carboxylic acids is 2. The van der Waals surface area contributed by atoms with Crippen LogP contribution in [0.3, 0.4) is 0 Å². The number of benzene rings is 2. The summed E-state index contributed by atoms with van der Waals surface area (Å²) in [4.78, 5) is 34.6. The molecule has 0 bridgehead atoms. The second-order valence-electron chi connectivity index (χ2n) is 9.07. The SMILES string of the molecule is Cc1cccc(NC(=O)N2CCCC(C(=O)N(Cc3cccnc3)Cc3ccccc3C)C2)c1. The van der Waals surface area contributed by atoms with E-state index in [1.807, 2.05) is 60.4 Å². The third kappa shape index (κ3) is 6.01. The van der Waals surface area contributed by atoms with Crippen molar-refractivity contribution in [1.82, 2.24) is 14.8 Å². The summed E-state index contributed by atoms with van der Waals surface area (Å²) in [6, 6.07) is 19.6. The number of rotatable bonds is 6. The van der Waals surface area contributed by atoms with Gasteiger partial charge in [0.05, 0.1) is 5.92 Å². The van der Waals surface area contributed by atoms with E-state index >= 15 is 0 Å². The van der Waals surface area contributed by atoms with Crippen molar-refractivity contribution in [2.24, 2.45) is 5.92 Å². The number of likely N-dealkylation sites (tertiary alicyclic amines) is 1. The average Bonchev–Trinajstić information content (AvgIpc) is 2.85. The van der Waals surface area contributed by atoms with E-state index in [1.165, 1.54) is 0 Å². The van der Waals surface area contributed by atoms with Crippen molar-refractivity contribution in [2.75, 3.05) is 18.4 Å². The standard InChI is InChI=1S/C28H32N4O2/c1-21-8-5-13-26(16-21)30-28(34)31-15-7-12-25(20-31)27(33)32(18-23-10-6-14-29-17-23)19-24-11-4-3-9-22(24)2/h3-6,8-11,13-14,16-17,25H,7,12,15,18-20H2,1-2H3,(H,30,34). The molecule has 2 aromatic carbocycles. The van der Waals surface area contributed by atoms with Crippen LogP contribution in [0.2, 0.25) is 0 Å². The van der Waals surface area contributed by atoms with E-state index < -0.39 is 0 Å². The minimum Gasteiger partial charge on any atom is -0.334 e. The number of aromatic nitrogens is 1. The molecule has 1 aliphatic heterocycles. The average molecular weight is 457 g/mol. The number of piperidine rings is 1. The molecular formula is C28H32N4O2. The molecular weight excluding hydrogens is 424 g/mol. The molecule has 2 heterocycles. The van der Waals surface area contributed by atoms with Gasteiger partial charge in [0.2, 0.25) is 5.91 Å². The summed E-state index contributed by atoms with van der Waals surface area (Å²) in [5, 5.41) is 2.98. The van der Waals surface area contributed by atoms with Gasteiger partial charge in [0.15, 0.2) is 0 Å². The van der Waals surface area contributed by atoms with Gasteiger partial charge in [-0.25, -0.2) is 4.79 Å². The van der Waals surface area contributed by atoms with Crippen LogP contribution in [0.1, 0.15) is 35.1 Å². The summed E-state index contributed by atoms with van der Waals surface area (Å²) in [5.74, 6) is -0.141. The minimum atomic E-state index is -0.224. The van der Waals surface area contributed by atoms with Crippen LogP contribution in [0.25, 0.3) is 0 Å². The topological polar surface area (TPSA) is 65.5 Å². The molecule has 1 saturated heterocycles. The molecule has 0 radical (unpaired) electrons. The van der Waals surface area contributed by atoms with Gasteiger partial charge in [-0.3, -0.25) is 9.78 Å². The Kier molecular flexibility index (Phi) is 7.58. The molecule has 1 aliphatic rings. The highest BCUT2D eigenvalue weighted by molar-refractivity contribution is 5.90. The summed E-state index contributed by atoms with van der Waals surface area (Å²) < 4.78 is 0. The summed E-state index contributed by atoms with van der Waals surface area (Å²) in [7, 11) is 0. The van der Waals surface area contributed by atoms with E-state index in [9.17, 15) is 9.59 Å². The first-order valence-corrected chi connectivity index (χ1v) is 11.8. The Morgan fingerprint density at radius 2 is 1.91 bits per heavy atom. The first-order valence-electron chi connectivity index (χ1n) is 11.8. The molecule has 1 fully saturated rings. The van der Waals surface area contributed by atoms with Crippen LogP contribution in [0.4, 0.5) is 10.5 Å². The quantitative estimate of drug-likeness (QED) is 0.556. The zero-order valence-corrected chi connectivity index (χ0v) is 19.9. The number of hydrogen-bond donors (Lipinski definition) is 1. The molecule has 4 rings (SSSR count). The molecule has 6 heteroatoms. The maximum atomic E-state index is 13.7. The van der Waals surface area contributed by atoms with E-state index in [0.29, 0.717) is 26.2 Å². The van der Waals surface area contributed by atoms with Gasteiger partial charge in [0, 0.05) is 44.3 Å². The third-order valence-electron chi connectivity index (χ3n) is 6.36. The van der Waals surface area contributed by atoms with Crippen molar-refractivity contribution in [3.8, 4) is 0 Å². The second kappa shape index (κ2) is 11.0. The van der Waals surface area contributed by atoms with Gasteiger partial charge in [0.1, 0.15) is 0 Å². The molecule has 0 saturated carbocycles. The van der Waals surface area contributed by atoms with E-state index in [4.69, 9.17) is 0 Å². The second-order valence-corrected chi connectivity index (χ2v) is 9.07. The number of aryl methyl sites for hydroxylation is 2. The van der Waals surface area contributed by atoms with Gasteiger partial charge in [-0.15, -0.1) is 0 Å². The van der Waals surface area contributed by atoms with E-state index in [0.717, 1.165) is 40.8 Å². The highest BCUT2D eigenvalue weighted by atomic mass is 16.2. The predicted molar refractivity (Wildman–Crippen MR) is 134 cm³/mol. The lowest BCUT2D eigenvalue weighted by atomic mass is 9.96. The predicted octanol–water partition coefficient (Wildman–Crippen LogP) is 5.17. The number of nitrogens with one attached hydrogen (secondary N) is 1. The number of nitrogens with zero attached hydrogens (tertiary/aromatic N) is 3. The van der Waals surface area contributed by atoms with Crippen molar-refractivity contribution >= 4 is 17.6 Å². The van der Waals surface area contributed by atoms with Crippen LogP contribution in [-0.2, 0) is 17.9 Å². The Hall–Kier alpha value is -3.67. The van der Waals surface area contributed by atoms with Gasteiger partial charge in [0.25, 0.3) is 0 Å². The zero-order chi connectivity index (χ0) is 23.9. The smallest absolute Gasteiger partial charge is 0.321 e. The van der Waals surface area contributed by atoms with Crippen LogP contribution in [0.5, 0.6) is 0 Å². The van der Waals surface area contributed by atoms with Crippen LogP contribution in [-0.4, -0.2) is 39.8 Å².